The predicted octanol–water partition coefficient (Wildman–Crippen LogP) is 3.90. The van der Waals surface area contributed by atoms with Gasteiger partial charge in [0, 0.05) is 16.8 Å². The highest BCUT2D eigenvalue weighted by molar-refractivity contribution is 6.08. The molecule has 2 amide bonds. The van der Waals surface area contributed by atoms with Crippen LogP contribution in [0.4, 0.5) is 5.69 Å². The minimum atomic E-state index is -0.963. The molecule has 6 nitrogen and oxygen atoms in total. The molecule has 5 rings (SSSR count). The highest BCUT2D eigenvalue weighted by atomic mass is 16.5. The molecule has 0 saturated carbocycles. The number of ether oxygens (including phenoxy) is 1. The summed E-state index contributed by atoms with van der Waals surface area (Å²) in [5, 5.41) is 4.68. The summed E-state index contributed by atoms with van der Waals surface area (Å²) in [5.41, 5.74) is 5.40. The molecule has 2 heterocycles. The molecule has 0 radical (unpaired) electrons. The zero-order chi connectivity index (χ0) is 21.6. The molecule has 0 aliphatic carbocycles. The Morgan fingerprint density at radius 2 is 1.68 bits per heavy atom. The molecular formula is C25H23N3O3. The quantitative estimate of drug-likeness (QED) is 0.639. The molecule has 1 fully saturated rings. The van der Waals surface area contributed by atoms with Crippen LogP contribution >= 0.6 is 0 Å². The first kappa shape index (κ1) is 19.3. The first-order chi connectivity index (χ1) is 15.0. The van der Waals surface area contributed by atoms with E-state index in [1.807, 2.05) is 92.7 Å². The summed E-state index contributed by atoms with van der Waals surface area (Å²) in [4.78, 5) is 26.4. The summed E-state index contributed by atoms with van der Waals surface area (Å²) in [7, 11) is 0. The van der Waals surface area contributed by atoms with Crippen LogP contribution in [0.15, 0.2) is 78.9 Å². The molecule has 2 aliphatic rings. The number of rotatable bonds is 3. The van der Waals surface area contributed by atoms with Crippen LogP contribution in [0.1, 0.15) is 29.7 Å². The molecule has 3 atom stereocenters. The van der Waals surface area contributed by atoms with Crippen molar-refractivity contribution >= 4 is 17.5 Å². The van der Waals surface area contributed by atoms with Crippen molar-refractivity contribution in [1.29, 1.82) is 0 Å². The summed E-state index contributed by atoms with van der Waals surface area (Å²) >= 11 is 0. The van der Waals surface area contributed by atoms with Crippen molar-refractivity contribution in [2.24, 2.45) is 5.92 Å². The molecule has 156 valence electrons. The number of hydrazine groups is 1. The van der Waals surface area contributed by atoms with Crippen molar-refractivity contribution in [2.45, 2.75) is 25.6 Å². The normalized spacial score (nSPS) is 24.5. The minimum Gasteiger partial charge on any atom is -0.467 e. The van der Waals surface area contributed by atoms with Crippen molar-refractivity contribution in [1.82, 2.24) is 10.4 Å². The number of benzene rings is 3. The summed E-state index contributed by atoms with van der Waals surface area (Å²) in [6.45, 7) is 3.89. The molecule has 1 saturated heterocycles. The Bertz CT molecular complexity index is 1150. The van der Waals surface area contributed by atoms with E-state index in [0.717, 1.165) is 16.7 Å². The molecule has 2 N–H and O–H groups in total. The number of carbonyl (C=O) groups excluding carboxylic acids is 2. The molecule has 0 spiro atoms. The summed E-state index contributed by atoms with van der Waals surface area (Å²) in [6, 6.07) is 24.3. The van der Waals surface area contributed by atoms with Crippen LogP contribution < -0.4 is 15.5 Å². The Labute approximate surface area is 180 Å². The fraction of sp³-hybridized carbons (Fsp3) is 0.200. The molecule has 3 aromatic carbocycles. The smallest absolute Gasteiger partial charge is 0.249 e. The standard InChI is InChI=1S/C25H23N3O3/c1-16-12-14-18(15-13-16)26-23(29)21-22-19-10-6-7-11-20(19)31-25(2,28(22)27-24(21)30)17-8-4-3-5-9-17/h3-15,21-22H,1-2H3,(H,26,29)(H,27,30). The van der Waals surface area contributed by atoms with E-state index in [1.165, 1.54) is 0 Å². The Kier molecular flexibility index (Phi) is 4.52. The zero-order valence-electron chi connectivity index (χ0n) is 17.3. The molecule has 0 bridgehead atoms. The van der Waals surface area contributed by atoms with E-state index in [-0.39, 0.29) is 11.8 Å². The van der Waals surface area contributed by atoms with Gasteiger partial charge >= 0.3 is 0 Å². The van der Waals surface area contributed by atoms with Gasteiger partial charge in [-0.2, -0.15) is 5.01 Å². The lowest BCUT2D eigenvalue weighted by Crippen LogP contribution is -2.55. The molecule has 3 aromatic rings. The number of hydrogen-bond acceptors (Lipinski definition) is 4. The Balaban J connectivity index is 1.56. The molecule has 0 aromatic heterocycles. The number of aryl methyl sites for hydroxylation is 1. The van der Waals surface area contributed by atoms with Gasteiger partial charge in [-0.05, 0) is 32.0 Å². The Hall–Kier alpha value is -3.64. The first-order valence-electron chi connectivity index (χ1n) is 10.3. The molecule has 2 aliphatic heterocycles. The monoisotopic (exact) mass is 413 g/mol. The number of para-hydroxylation sites is 1. The van der Waals surface area contributed by atoms with Crippen molar-refractivity contribution in [3.05, 3.63) is 95.6 Å². The maximum atomic E-state index is 13.3. The average Bonchev–Trinajstić information content (AvgIpc) is 3.14. The molecule has 3 unspecified atom stereocenters. The van der Waals surface area contributed by atoms with E-state index in [1.54, 1.807) is 5.01 Å². The van der Waals surface area contributed by atoms with E-state index in [9.17, 15) is 9.59 Å². The average molecular weight is 413 g/mol. The van der Waals surface area contributed by atoms with Gasteiger partial charge in [0.2, 0.25) is 17.5 Å². The van der Waals surface area contributed by atoms with E-state index in [2.05, 4.69) is 10.7 Å². The van der Waals surface area contributed by atoms with Gasteiger partial charge < -0.3 is 10.1 Å². The number of nitrogens with one attached hydrogen (secondary N) is 2. The van der Waals surface area contributed by atoms with Crippen LogP contribution in [0, 0.1) is 12.8 Å². The predicted molar refractivity (Wildman–Crippen MR) is 117 cm³/mol. The number of amides is 2. The molecular weight excluding hydrogens is 390 g/mol. The van der Waals surface area contributed by atoms with Crippen LogP contribution in [0.3, 0.4) is 0 Å². The fourth-order valence-corrected chi connectivity index (χ4v) is 4.39. The van der Waals surface area contributed by atoms with E-state index in [0.29, 0.717) is 11.4 Å². The lowest BCUT2D eigenvalue weighted by Gasteiger charge is -2.46. The van der Waals surface area contributed by atoms with Crippen LogP contribution in [0.2, 0.25) is 0 Å². The van der Waals surface area contributed by atoms with Crippen LogP contribution in [-0.2, 0) is 15.3 Å². The van der Waals surface area contributed by atoms with Gasteiger partial charge in [-0.1, -0.05) is 66.2 Å². The third-order valence-electron chi connectivity index (χ3n) is 6.02. The second kappa shape index (κ2) is 7.25. The van der Waals surface area contributed by atoms with Crippen molar-refractivity contribution in [3.8, 4) is 5.75 Å². The number of hydrogen-bond donors (Lipinski definition) is 2. The first-order valence-corrected chi connectivity index (χ1v) is 10.3. The van der Waals surface area contributed by atoms with Crippen LogP contribution in [0.5, 0.6) is 5.75 Å². The second-order valence-corrected chi connectivity index (χ2v) is 8.11. The lowest BCUT2D eigenvalue weighted by molar-refractivity contribution is -0.144. The SMILES string of the molecule is Cc1ccc(NC(=O)C2C(=O)NN3C2c2ccccc2OC3(C)c2ccccc2)cc1. The summed E-state index contributed by atoms with van der Waals surface area (Å²) in [6.07, 6.45) is 0. The highest BCUT2D eigenvalue weighted by Gasteiger charge is 2.57. The number of carbonyl (C=O) groups is 2. The highest BCUT2D eigenvalue weighted by Crippen LogP contribution is 2.50. The third-order valence-corrected chi connectivity index (χ3v) is 6.02. The lowest BCUT2D eigenvalue weighted by atomic mass is 9.88. The summed E-state index contributed by atoms with van der Waals surface area (Å²) in [5.74, 6) is -0.952. The number of fused-ring (bicyclic) bond motifs is 3. The second-order valence-electron chi connectivity index (χ2n) is 8.11. The van der Waals surface area contributed by atoms with Crippen LogP contribution in [-0.4, -0.2) is 16.8 Å². The summed E-state index contributed by atoms with van der Waals surface area (Å²) < 4.78 is 6.41. The van der Waals surface area contributed by atoms with E-state index in [4.69, 9.17) is 4.74 Å². The Morgan fingerprint density at radius 1 is 1.00 bits per heavy atom. The topological polar surface area (TPSA) is 70.7 Å². The third kappa shape index (κ3) is 3.16. The van der Waals surface area contributed by atoms with Gasteiger partial charge in [0.1, 0.15) is 11.7 Å². The van der Waals surface area contributed by atoms with Crippen molar-refractivity contribution < 1.29 is 14.3 Å². The molecule has 31 heavy (non-hydrogen) atoms. The fourth-order valence-electron chi connectivity index (χ4n) is 4.39. The van der Waals surface area contributed by atoms with E-state index < -0.39 is 17.7 Å². The minimum absolute atomic E-state index is 0.346. The van der Waals surface area contributed by atoms with Gasteiger partial charge in [0.15, 0.2) is 0 Å². The number of anilines is 1. The van der Waals surface area contributed by atoms with Gasteiger partial charge in [-0.15, -0.1) is 0 Å². The zero-order valence-corrected chi connectivity index (χ0v) is 17.3. The van der Waals surface area contributed by atoms with Gasteiger partial charge in [0.05, 0.1) is 6.04 Å². The largest absolute Gasteiger partial charge is 0.467 e. The maximum absolute atomic E-state index is 13.3. The van der Waals surface area contributed by atoms with Crippen LogP contribution in [0.25, 0.3) is 0 Å². The van der Waals surface area contributed by atoms with Gasteiger partial charge in [0.25, 0.3) is 0 Å². The maximum Gasteiger partial charge on any atom is 0.249 e. The van der Waals surface area contributed by atoms with Gasteiger partial charge in [-0.25, -0.2) is 0 Å². The Morgan fingerprint density at radius 3 is 2.42 bits per heavy atom. The van der Waals surface area contributed by atoms with Crippen molar-refractivity contribution in [3.63, 3.8) is 0 Å². The number of nitrogens with zero attached hydrogens (tertiary/aromatic N) is 1. The molecule has 6 heteroatoms. The van der Waals surface area contributed by atoms with Gasteiger partial charge in [-0.3, -0.25) is 15.0 Å². The van der Waals surface area contributed by atoms with E-state index >= 15 is 0 Å². The van der Waals surface area contributed by atoms with Crippen molar-refractivity contribution in [2.75, 3.05) is 5.32 Å².